The fourth-order valence-corrected chi connectivity index (χ4v) is 6.75. The van der Waals surface area contributed by atoms with E-state index in [2.05, 4.69) is 10.1 Å². The molecule has 0 aliphatic carbocycles. The second-order valence-electron chi connectivity index (χ2n) is 9.65. The molecule has 36 heavy (non-hydrogen) atoms. The van der Waals surface area contributed by atoms with Gasteiger partial charge in [-0.25, -0.2) is 12.8 Å². The lowest BCUT2D eigenvalue weighted by atomic mass is 9.90. The number of hydrogen-bond acceptors (Lipinski definition) is 5. The standard InChI is InChI=1S/C25H27F4N3O3S/c26-20-3-6-22-23(15-20)35-30-24(22)18-9-11-31(12-10-18)16-17-7-13-32(14-8-17)36(33,34)21-4-1-19(2-5-21)25(27,28)29/h1-6,15,17-18H,7-14,16H2. The van der Waals surface area contributed by atoms with Gasteiger partial charge in [0, 0.05) is 37.0 Å². The molecule has 0 unspecified atom stereocenters. The molecule has 2 fully saturated rings. The summed E-state index contributed by atoms with van der Waals surface area (Å²) >= 11 is 0. The number of aromatic nitrogens is 1. The summed E-state index contributed by atoms with van der Waals surface area (Å²) in [5.74, 6) is 0.262. The van der Waals surface area contributed by atoms with Gasteiger partial charge in [-0.2, -0.15) is 17.5 Å². The van der Waals surface area contributed by atoms with Crippen LogP contribution in [0.15, 0.2) is 51.9 Å². The van der Waals surface area contributed by atoms with Crippen LogP contribution >= 0.6 is 0 Å². The summed E-state index contributed by atoms with van der Waals surface area (Å²) in [5, 5.41) is 5.05. The van der Waals surface area contributed by atoms with E-state index < -0.39 is 21.8 Å². The van der Waals surface area contributed by atoms with Gasteiger partial charge in [-0.15, -0.1) is 0 Å². The Morgan fingerprint density at radius 2 is 1.61 bits per heavy atom. The van der Waals surface area contributed by atoms with Gasteiger partial charge in [0.15, 0.2) is 5.58 Å². The quantitative estimate of drug-likeness (QED) is 0.425. The van der Waals surface area contributed by atoms with E-state index in [1.807, 2.05) is 0 Å². The molecular weight excluding hydrogens is 498 g/mol. The van der Waals surface area contributed by atoms with Crippen LogP contribution in [0.4, 0.5) is 17.6 Å². The first-order valence-corrected chi connectivity index (χ1v) is 13.5. The largest absolute Gasteiger partial charge is 0.416 e. The molecule has 2 aromatic carbocycles. The topological polar surface area (TPSA) is 66.7 Å². The maximum Gasteiger partial charge on any atom is 0.416 e. The van der Waals surface area contributed by atoms with Crippen molar-refractivity contribution in [2.24, 2.45) is 5.92 Å². The number of sulfonamides is 1. The Hall–Kier alpha value is -2.50. The number of alkyl halides is 3. The van der Waals surface area contributed by atoms with Crippen molar-refractivity contribution in [2.75, 3.05) is 32.7 Å². The number of rotatable bonds is 5. The van der Waals surface area contributed by atoms with E-state index in [0.717, 1.165) is 67.8 Å². The highest BCUT2D eigenvalue weighted by atomic mass is 32.2. The third kappa shape index (κ3) is 5.14. The highest BCUT2D eigenvalue weighted by Crippen LogP contribution is 2.34. The Kier molecular flexibility index (Phi) is 6.82. The fourth-order valence-electron chi connectivity index (χ4n) is 5.28. The molecule has 11 heteroatoms. The molecule has 2 aliphatic rings. The summed E-state index contributed by atoms with van der Waals surface area (Å²) in [6.07, 6.45) is -1.25. The molecule has 2 aliphatic heterocycles. The number of halogens is 4. The van der Waals surface area contributed by atoms with Crippen molar-refractivity contribution in [3.63, 3.8) is 0 Å². The minimum Gasteiger partial charge on any atom is -0.356 e. The van der Waals surface area contributed by atoms with E-state index in [0.29, 0.717) is 37.4 Å². The molecule has 1 aromatic heterocycles. The predicted octanol–water partition coefficient (Wildman–Crippen LogP) is 5.27. The minimum atomic E-state index is -4.50. The van der Waals surface area contributed by atoms with Gasteiger partial charge in [0.2, 0.25) is 10.0 Å². The van der Waals surface area contributed by atoms with E-state index in [1.165, 1.54) is 16.4 Å². The summed E-state index contributed by atoms with van der Waals surface area (Å²) < 4.78 is 84.3. The molecule has 0 radical (unpaired) electrons. The molecule has 0 amide bonds. The van der Waals surface area contributed by atoms with E-state index in [9.17, 15) is 26.0 Å². The Labute approximate surface area is 206 Å². The lowest BCUT2D eigenvalue weighted by Gasteiger charge is -2.37. The lowest BCUT2D eigenvalue weighted by Crippen LogP contribution is -2.43. The number of piperidine rings is 2. The van der Waals surface area contributed by atoms with Crippen molar-refractivity contribution < 1.29 is 30.5 Å². The summed E-state index contributed by atoms with van der Waals surface area (Å²) in [6, 6.07) is 8.17. The van der Waals surface area contributed by atoms with Gasteiger partial charge in [-0.1, -0.05) is 5.16 Å². The maximum atomic E-state index is 13.4. The van der Waals surface area contributed by atoms with Crippen molar-refractivity contribution in [1.82, 2.24) is 14.4 Å². The van der Waals surface area contributed by atoms with Crippen LogP contribution in [0.2, 0.25) is 0 Å². The average molecular weight is 526 g/mol. The first kappa shape index (κ1) is 25.2. The second kappa shape index (κ2) is 9.75. The lowest BCUT2D eigenvalue weighted by molar-refractivity contribution is -0.137. The normalized spacial score (nSPS) is 19.8. The van der Waals surface area contributed by atoms with Gasteiger partial charge in [0.1, 0.15) is 5.82 Å². The number of fused-ring (bicyclic) bond motifs is 1. The summed E-state index contributed by atoms with van der Waals surface area (Å²) in [4.78, 5) is 2.28. The average Bonchev–Trinajstić information content (AvgIpc) is 3.27. The molecule has 0 saturated carbocycles. The third-order valence-corrected chi connectivity index (χ3v) is 9.26. The molecule has 0 N–H and O–H groups in total. The zero-order valence-corrected chi connectivity index (χ0v) is 20.4. The van der Waals surface area contributed by atoms with E-state index in [1.54, 1.807) is 6.07 Å². The van der Waals surface area contributed by atoms with E-state index in [-0.39, 0.29) is 16.6 Å². The van der Waals surface area contributed by atoms with Crippen LogP contribution in [0.25, 0.3) is 11.0 Å². The van der Waals surface area contributed by atoms with Crippen LogP contribution < -0.4 is 0 Å². The first-order valence-electron chi connectivity index (χ1n) is 12.1. The molecule has 3 aromatic rings. The number of hydrogen-bond donors (Lipinski definition) is 0. The second-order valence-corrected chi connectivity index (χ2v) is 11.6. The van der Waals surface area contributed by atoms with Crippen LogP contribution in [0.3, 0.4) is 0 Å². The van der Waals surface area contributed by atoms with Gasteiger partial charge in [-0.05, 0) is 81.1 Å². The number of likely N-dealkylation sites (tertiary alicyclic amines) is 1. The third-order valence-electron chi connectivity index (χ3n) is 7.35. The monoisotopic (exact) mass is 525 g/mol. The van der Waals surface area contributed by atoms with E-state index >= 15 is 0 Å². The predicted molar refractivity (Wildman–Crippen MR) is 125 cm³/mol. The van der Waals surface area contributed by atoms with Crippen LogP contribution in [0, 0.1) is 11.7 Å². The van der Waals surface area contributed by atoms with Crippen molar-refractivity contribution >= 4 is 21.0 Å². The molecule has 194 valence electrons. The molecule has 0 atom stereocenters. The zero-order chi connectivity index (χ0) is 25.5. The Bertz CT molecular complexity index is 1310. The Balaban J connectivity index is 1.12. The zero-order valence-electron chi connectivity index (χ0n) is 19.5. The van der Waals surface area contributed by atoms with Gasteiger partial charge in [-0.3, -0.25) is 0 Å². The van der Waals surface area contributed by atoms with Crippen LogP contribution in [0.1, 0.15) is 42.9 Å². The minimum absolute atomic E-state index is 0.112. The molecule has 0 spiro atoms. The highest BCUT2D eigenvalue weighted by molar-refractivity contribution is 7.89. The van der Waals surface area contributed by atoms with Crippen molar-refractivity contribution in [3.05, 3.63) is 59.5 Å². The van der Waals surface area contributed by atoms with Gasteiger partial charge in [0.05, 0.1) is 16.2 Å². The van der Waals surface area contributed by atoms with Crippen LogP contribution in [-0.2, 0) is 16.2 Å². The SMILES string of the molecule is O=S(=O)(c1ccc(C(F)(F)F)cc1)N1CCC(CN2CCC(c3noc4cc(F)ccc34)CC2)CC1. The molecule has 3 heterocycles. The summed E-state index contributed by atoms with van der Waals surface area (Å²) in [7, 11) is -3.82. The molecule has 0 bridgehead atoms. The number of nitrogens with zero attached hydrogens (tertiary/aromatic N) is 3. The Morgan fingerprint density at radius 3 is 2.25 bits per heavy atom. The molecule has 6 nitrogen and oxygen atoms in total. The molecule has 2 saturated heterocycles. The van der Waals surface area contributed by atoms with Crippen LogP contribution in [-0.4, -0.2) is 55.5 Å². The summed E-state index contributed by atoms with van der Waals surface area (Å²) in [6.45, 7) is 3.37. The Morgan fingerprint density at radius 1 is 0.944 bits per heavy atom. The van der Waals surface area contributed by atoms with Crippen molar-refractivity contribution in [1.29, 1.82) is 0 Å². The van der Waals surface area contributed by atoms with Crippen LogP contribution in [0.5, 0.6) is 0 Å². The molecule has 5 rings (SSSR count). The summed E-state index contributed by atoms with van der Waals surface area (Å²) in [5.41, 5.74) is 0.478. The highest BCUT2D eigenvalue weighted by Gasteiger charge is 2.34. The van der Waals surface area contributed by atoms with Gasteiger partial charge >= 0.3 is 6.18 Å². The molecular formula is C25H27F4N3O3S. The fraction of sp³-hybridized carbons (Fsp3) is 0.480. The van der Waals surface area contributed by atoms with Crippen molar-refractivity contribution in [3.8, 4) is 0 Å². The van der Waals surface area contributed by atoms with Gasteiger partial charge in [0.25, 0.3) is 0 Å². The first-order chi connectivity index (χ1) is 17.1. The van der Waals surface area contributed by atoms with E-state index in [4.69, 9.17) is 4.52 Å². The van der Waals surface area contributed by atoms with Crippen molar-refractivity contribution in [2.45, 2.75) is 42.7 Å². The smallest absolute Gasteiger partial charge is 0.356 e. The number of benzene rings is 2. The maximum absolute atomic E-state index is 13.4. The van der Waals surface area contributed by atoms with Gasteiger partial charge < -0.3 is 9.42 Å².